The van der Waals surface area contributed by atoms with Gasteiger partial charge in [0.25, 0.3) is 0 Å². The SMILES string of the molecule is COc1cc2cc(c1Cl)N(C)C(=O)C[C@H](OC(=O)[C@H](C)N(C)C(=O)CCSSC)[C@]1(C)O[C@]1(O)[C@H](C)[C@@H]1C[C@@](O)(NC(=O)O1)[C@H](OC)/C=C/C=C(\C)C2. The summed E-state index contributed by atoms with van der Waals surface area (Å²) >= 11 is 6.73. The molecule has 4 bridgehead atoms. The average molecular weight is 800 g/mol. The number of likely N-dealkylation sites (N-methyl/N-ethyl adjacent to an activating group) is 1. The van der Waals surface area contributed by atoms with Crippen LogP contribution in [0.25, 0.3) is 0 Å². The molecule has 3 aliphatic rings. The van der Waals surface area contributed by atoms with Gasteiger partial charge < -0.3 is 43.7 Å². The van der Waals surface area contributed by atoms with E-state index in [4.69, 9.17) is 35.3 Å². The number of nitrogens with zero attached hydrogens (tertiary/aromatic N) is 2. The fraction of sp³-hybridized carbons (Fsp3) is 0.611. The van der Waals surface area contributed by atoms with E-state index in [0.717, 1.165) is 11.1 Å². The molecule has 3 N–H and O–H groups in total. The second-order valence-electron chi connectivity index (χ2n) is 13.8. The number of halogens is 1. The molecule has 0 spiro atoms. The highest BCUT2D eigenvalue weighted by molar-refractivity contribution is 8.76. The van der Waals surface area contributed by atoms with Crippen molar-refractivity contribution in [2.24, 2.45) is 5.92 Å². The number of alkyl carbamates (subject to hydrolysis) is 1. The molecule has 294 valence electrons. The summed E-state index contributed by atoms with van der Waals surface area (Å²) in [5, 5.41) is 26.4. The van der Waals surface area contributed by atoms with E-state index in [-0.39, 0.29) is 23.8 Å². The summed E-state index contributed by atoms with van der Waals surface area (Å²) in [6.07, 6.45) is 2.45. The Morgan fingerprint density at radius 2 is 1.94 bits per heavy atom. The minimum atomic E-state index is -2.11. The molecule has 0 unspecified atom stereocenters. The molecule has 0 radical (unpaired) electrons. The number of epoxide rings is 1. The Kier molecular flexibility index (Phi) is 13.9. The molecule has 1 aromatic carbocycles. The van der Waals surface area contributed by atoms with Gasteiger partial charge in [0.05, 0.1) is 25.1 Å². The smallest absolute Gasteiger partial charge is 0.409 e. The third-order valence-corrected chi connectivity index (χ3v) is 12.5. The molecule has 17 heteroatoms. The van der Waals surface area contributed by atoms with E-state index >= 15 is 0 Å². The van der Waals surface area contributed by atoms with Crippen LogP contribution in [-0.2, 0) is 39.8 Å². The molecular weight excluding hydrogens is 750 g/mol. The van der Waals surface area contributed by atoms with Crippen LogP contribution in [0.3, 0.4) is 0 Å². The summed E-state index contributed by atoms with van der Waals surface area (Å²) in [7, 11) is 8.91. The number of benzene rings is 1. The molecule has 0 aliphatic carbocycles. The molecule has 4 rings (SSSR count). The highest BCUT2D eigenvalue weighted by Crippen LogP contribution is 2.56. The van der Waals surface area contributed by atoms with Crippen LogP contribution in [-0.4, -0.2) is 121 Å². The Hall–Kier alpha value is -2.99. The Morgan fingerprint density at radius 1 is 1.25 bits per heavy atom. The van der Waals surface area contributed by atoms with Gasteiger partial charge in [0.1, 0.15) is 35.1 Å². The number of ether oxygens (including phenoxy) is 5. The van der Waals surface area contributed by atoms with Crippen LogP contribution in [0.4, 0.5) is 10.5 Å². The number of nitrogens with one attached hydrogen (secondary N) is 1. The Labute approximate surface area is 323 Å². The zero-order valence-corrected chi connectivity index (χ0v) is 33.9. The number of anilines is 1. The first-order valence-corrected chi connectivity index (χ1v) is 20.2. The van der Waals surface area contributed by atoms with Gasteiger partial charge in [-0.25, -0.2) is 9.59 Å². The van der Waals surface area contributed by atoms with E-state index in [9.17, 15) is 29.4 Å². The summed E-state index contributed by atoms with van der Waals surface area (Å²) in [5.74, 6) is -3.89. The lowest BCUT2D eigenvalue weighted by atomic mass is 9.81. The molecule has 3 heterocycles. The van der Waals surface area contributed by atoms with Crippen LogP contribution in [0.5, 0.6) is 5.75 Å². The summed E-state index contributed by atoms with van der Waals surface area (Å²) < 4.78 is 28.7. The number of carbonyl (C=O) groups is 4. The monoisotopic (exact) mass is 799 g/mol. The van der Waals surface area contributed by atoms with Crippen LogP contribution in [0.1, 0.15) is 52.5 Å². The summed E-state index contributed by atoms with van der Waals surface area (Å²) in [4.78, 5) is 56.2. The zero-order chi connectivity index (χ0) is 39.5. The number of allylic oxidation sites excluding steroid dienone is 3. The lowest BCUT2D eigenvalue weighted by Gasteiger charge is -2.42. The largest absolute Gasteiger partial charge is 0.495 e. The van der Waals surface area contributed by atoms with Gasteiger partial charge in [-0.2, -0.15) is 0 Å². The molecule has 14 nitrogen and oxygen atoms in total. The third kappa shape index (κ3) is 9.11. The number of hydrogen-bond donors (Lipinski definition) is 3. The zero-order valence-electron chi connectivity index (χ0n) is 31.5. The van der Waals surface area contributed by atoms with Gasteiger partial charge in [-0.3, -0.25) is 14.9 Å². The molecular formula is C36H50ClN3O11S2. The van der Waals surface area contributed by atoms with Gasteiger partial charge >= 0.3 is 12.1 Å². The first-order valence-electron chi connectivity index (χ1n) is 17.1. The number of methoxy groups -OCH3 is 2. The fourth-order valence-electron chi connectivity index (χ4n) is 6.65. The molecule has 3 amide bonds. The molecule has 2 saturated heterocycles. The Bertz CT molecular complexity index is 1630. The van der Waals surface area contributed by atoms with E-state index in [1.165, 1.54) is 73.6 Å². The van der Waals surface area contributed by atoms with Gasteiger partial charge in [0, 0.05) is 39.8 Å². The average Bonchev–Trinajstić information content (AvgIpc) is 3.70. The maximum absolute atomic E-state index is 14.1. The van der Waals surface area contributed by atoms with E-state index in [0.29, 0.717) is 23.6 Å². The topological polar surface area (TPSA) is 177 Å². The molecule has 2 fully saturated rings. The quantitative estimate of drug-likeness (QED) is 0.140. The lowest BCUT2D eigenvalue weighted by molar-refractivity contribution is -0.163. The Balaban J connectivity index is 1.78. The third-order valence-electron chi connectivity index (χ3n) is 10.3. The number of carbonyl (C=O) groups excluding carboxylic acids is 4. The van der Waals surface area contributed by atoms with E-state index < -0.39 is 71.8 Å². The van der Waals surface area contributed by atoms with E-state index in [2.05, 4.69) is 5.32 Å². The van der Waals surface area contributed by atoms with Crippen molar-refractivity contribution in [3.63, 3.8) is 0 Å². The van der Waals surface area contributed by atoms with Gasteiger partial charge in [-0.05, 0) is 51.1 Å². The van der Waals surface area contributed by atoms with E-state index in [1.54, 1.807) is 31.2 Å². The second-order valence-corrected chi connectivity index (χ2v) is 16.8. The molecule has 0 saturated carbocycles. The standard InChI is InChI=1S/C36H50ClN3O11S2/c1-20-11-10-12-27(48-8)35(45)19-26(49-33(44)38-35)21(2)36(46)34(4,51-36)28(50-32(43)22(3)39(5)29(41)13-14-53-52-9)18-30(42)40(6)24-16-23(15-20)17-25(47-7)31(24)37/h10-12,16-17,21-22,26-28,45-46H,13-15,18-19H2,1-9H3,(H,38,44)/b12-10+,20-11+/t21-,22+,26+,27-,28+,34+,35+,36-/m1/s1. The predicted octanol–water partition coefficient (Wildman–Crippen LogP) is 4.24. The first kappa shape index (κ1) is 42.7. The Morgan fingerprint density at radius 3 is 2.58 bits per heavy atom. The highest BCUT2D eigenvalue weighted by Gasteiger charge is 2.76. The van der Waals surface area contributed by atoms with Crippen molar-refractivity contribution in [2.45, 2.75) is 94.8 Å². The minimum Gasteiger partial charge on any atom is -0.495 e. The van der Waals surface area contributed by atoms with Crippen molar-refractivity contribution in [3.05, 3.63) is 46.5 Å². The van der Waals surface area contributed by atoms with Crippen LogP contribution in [0, 0.1) is 5.92 Å². The molecule has 53 heavy (non-hydrogen) atoms. The summed E-state index contributed by atoms with van der Waals surface area (Å²) in [5.41, 5.74) is -1.66. The van der Waals surface area contributed by atoms with Crippen molar-refractivity contribution in [2.75, 3.05) is 45.2 Å². The maximum atomic E-state index is 14.1. The van der Waals surface area contributed by atoms with Gasteiger partial charge in [-0.1, -0.05) is 63.9 Å². The van der Waals surface area contributed by atoms with Crippen LogP contribution in [0.15, 0.2) is 35.9 Å². The maximum Gasteiger partial charge on any atom is 0.409 e. The molecule has 3 aliphatic heterocycles. The number of fused-ring (bicyclic) bond motifs is 5. The number of esters is 1. The van der Waals surface area contributed by atoms with Crippen molar-refractivity contribution < 1.29 is 53.1 Å². The number of aliphatic hydroxyl groups is 2. The van der Waals surface area contributed by atoms with Crippen molar-refractivity contribution in [1.29, 1.82) is 0 Å². The second kappa shape index (κ2) is 17.2. The van der Waals surface area contributed by atoms with Gasteiger partial charge in [0.2, 0.25) is 17.6 Å². The molecule has 1 aromatic rings. The number of hydrogen-bond acceptors (Lipinski definition) is 13. The summed E-state index contributed by atoms with van der Waals surface area (Å²) in [6.45, 7) is 6.45. The predicted molar refractivity (Wildman–Crippen MR) is 203 cm³/mol. The normalized spacial score (nSPS) is 32.6. The summed E-state index contributed by atoms with van der Waals surface area (Å²) in [6, 6.07) is 2.46. The van der Waals surface area contributed by atoms with Crippen LogP contribution in [0.2, 0.25) is 5.02 Å². The van der Waals surface area contributed by atoms with Gasteiger partial charge in [0.15, 0.2) is 11.3 Å². The van der Waals surface area contributed by atoms with Crippen LogP contribution >= 0.6 is 33.2 Å². The van der Waals surface area contributed by atoms with Crippen LogP contribution < -0.4 is 15.0 Å². The van der Waals surface area contributed by atoms with E-state index in [1.807, 2.05) is 19.3 Å². The van der Waals surface area contributed by atoms with Gasteiger partial charge in [-0.15, -0.1) is 0 Å². The lowest BCUT2D eigenvalue weighted by Crippen LogP contribution is -2.64. The molecule has 0 aromatic heterocycles. The molecule has 8 atom stereocenters. The van der Waals surface area contributed by atoms with Crippen molar-refractivity contribution in [1.82, 2.24) is 10.2 Å². The van der Waals surface area contributed by atoms with Crippen molar-refractivity contribution in [3.8, 4) is 5.75 Å². The number of amides is 3. The first-order chi connectivity index (χ1) is 24.8. The fourth-order valence-corrected chi connectivity index (χ4v) is 8.14. The number of rotatable bonds is 9. The van der Waals surface area contributed by atoms with Crippen molar-refractivity contribution >= 4 is 62.8 Å². The minimum absolute atomic E-state index is 0.179. The highest BCUT2D eigenvalue weighted by atomic mass is 35.5.